The summed E-state index contributed by atoms with van der Waals surface area (Å²) in [6.07, 6.45) is -0.445. The molecule has 32 heavy (non-hydrogen) atoms. The molecule has 9 heteroatoms. The zero-order valence-electron chi connectivity index (χ0n) is 19.1. The Hall–Kier alpha value is -2.59. The number of furan rings is 1. The smallest absolute Gasteiger partial charge is 0.336 e. The maximum Gasteiger partial charge on any atom is 0.336 e. The van der Waals surface area contributed by atoms with Crippen molar-refractivity contribution in [3.63, 3.8) is 0 Å². The highest BCUT2D eigenvalue weighted by Gasteiger charge is 2.31. The number of hydrogen-bond acceptors (Lipinski definition) is 9. The lowest BCUT2D eigenvalue weighted by Gasteiger charge is -2.29. The fourth-order valence-corrected chi connectivity index (χ4v) is 2.96. The van der Waals surface area contributed by atoms with Gasteiger partial charge in [-0.05, 0) is 39.8 Å². The third kappa shape index (κ3) is 4.61. The van der Waals surface area contributed by atoms with Gasteiger partial charge in [-0.3, -0.25) is 0 Å². The van der Waals surface area contributed by atoms with Crippen LogP contribution in [0.25, 0.3) is 21.9 Å². The van der Waals surface area contributed by atoms with Crippen molar-refractivity contribution in [1.82, 2.24) is 0 Å². The molecule has 2 atom stereocenters. The van der Waals surface area contributed by atoms with Gasteiger partial charge in [-0.25, -0.2) is 4.79 Å². The molecule has 176 valence electrons. The topological polar surface area (TPSA) is 121 Å². The van der Waals surface area contributed by atoms with Crippen LogP contribution < -0.4 is 15.1 Å². The predicted molar refractivity (Wildman–Crippen MR) is 117 cm³/mol. The number of fused-ring (bicyclic) bond motifs is 2. The highest BCUT2D eigenvalue weighted by Crippen LogP contribution is 2.43. The first-order chi connectivity index (χ1) is 15.0. The van der Waals surface area contributed by atoms with E-state index in [0.29, 0.717) is 16.5 Å². The van der Waals surface area contributed by atoms with Gasteiger partial charge in [0.25, 0.3) is 0 Å². The Bertz CT molecular complexity index is 1130. The first-order valence-electron chi connectivity index (χ1n) is 10.2. The van der Waals surface area contributed by atoms with Crippen LogP contribution in [0.5, 0.6) is 11.5 Å². The van der Waals surface area contributed by atoms with E-state index in [4.69, 9.17) is 27.8 Å². The van der Waals surface area contributed by atoms with Crippen molar-refractivity contribution >= 4 is 21.9 Å². The minimum atomic E-state index is -0.967. The number of benzene rings is 1. The molecule has 0 saturated heterocycles. The van der Waals surface area contributed by atoms with Gasteiger partial charge in [-0.1, -0.05) is 0 Å². The van der Waals surface area contributed by atoms with Gasteiger partial charge in [0.15, 0.2) is 11.2 Å². The van der Waals surface area contributed by atoms with Crippen molar-refractivity contribution in [3.05, 3.63) is 34.9 Å². The monoisotopic (exact) mass is 450 g/mol. The maximum atomic E-state index is 12.0. The van der Waals surface area contributed by atoms with Crippen LogP contribution in [0.3, 0.4) is 0 Å². The minimum Gasteiger partial charge on any atom is -0.489 e. The average Bonchev–Trinajstić information content (AvgIpc) is 3.24. The van der Waals surface area contributed by atoms with E-state index in [1.165, 1.54) is 26.5 Å². The Morgan fingerprint density at radius 2 is 1.38 bits per heavy atom. The summed E-state index contributed by atoms with van der Waals surface area (Å²) in [5.74, 6) is 0.525. The lowest BCUT2D eigenvalue weighted by molar-refractivity contribution is -0.0915. The Morgan fingerprint density at radius 3 is 1.94 bits per heavy atom. The molecule has 1 aromatic carbocycles. The van der Waals surface area contributed by atoms with Gasteiger partial charge in [0.1, 0.15) is 31.2 Å². The zero-order chi connectivity index (χ0) is 23.7. The highest BCUT2D eigenvalue weighted by molar-refractivity contribution is 6.06. The number of aliphatic hydroxyl groups is 2. The van der Waals surface area contributed by atoms with E-state index in [-0.39, 0.29) is 30.1 Å². The van der Waals surface area contributed by atoms with E-state index in [0.717, 1.165) is 0 Å². The molecule has 0 amide bonds. The van der Waals surface area contributed by atoms with Gasteiger partial charge in [0.05, 0.1) is 28.2 Å². The minimum absolute atomic E-state index is 0.0731. The molecule has 2 unspecified atom stereocenters. The van der Waals surface area contributed by atoms with E-state index in [1.807, 2.05) is 0 Å². The molecule has 3 rings (SSSR count). The summed E-state index contributed by atoms with van der Waals surface area (Å²) in [5, 5.41) is 21.9. The molecule has 2 heterocycles. The summed E-state index contributed by atoms with van der Waals surface area (Å²) in [7, 11) is 3.00. The number of aliphatic hydroxyl groups excluding tert-OH is 2. The molecule has 0 fully saturated rings. The second-order valence-electron chi connectivity index (χ2n) is 8.59. The van der Waals surface area contributed by atoms with Crippen LogP contribution in [-0.4, -0.2) is 61.1 Å². The predicted octanol–water partition coefficient (Wildman–Crippen LogP) is 2.87. The van der Waals surface area contributed by atoms with E-state index in [1.54, 1.807) is 39.8 Å². The van der Waals surface area contributed by atoms with E-state index in [2.05, 4.69) is 0 Å². The van der Waals surface area contributed by atoms with Gasteiger partial charge in [0, 0.05) is 20.3 Å². The summed E-state index contributed by atoms with van der Waals surface area (Å²) in [4.78, 5) is 12.0. The van der Waals surface area contributed by atoms with Gasteiger partial charge in [-0.15, -0.1) is 0 Å². The number of hydrogen-bond donors (Lipinski definition) is 2. The fourth-order valence-electron chi connectivity index (χ4n) is 2.96. The third-order valence-corrected chi connectivity index (χ3v) is 5.83. The molecule has 2 N–H and O–H groups in total. The fraction of sp³-hybridized carbons (Fsp3) is 0.522. The van der Waals surface area contributed by atoms with Crippen molar-refractivity contribution in [3.8, 4) is 11.5 Å². The molecule has 9 nitrogen and oxygen atoms in total. The standard InChI is InChI=1S/C23H30O9/c1-22(2,27-5)15(24)11-30-18-13-7-8-17(26)32-20(13)21(19-14(18)9-10-29-19)31-12-16(25)23(3,4)28-6/h7-10,15-16,24-25H,11-12H2,1-6H3. The molecule has 0 spiro atoms. The van der Waals surface area contributed by atoms with Crippen LogP contribution in [0.2, 0.25) is 0 Å². The van der Waals surface area contributed by atoms with E-state index >= 15 is 0 Å². The molecule has 2 aromatic heterocycles. The first-order valence-corrected chi connectivity index (χ1v) is 10.2. The van der Waals surface area contributed by atoms with Crippen molar-refractivity contribution in [2.45, 2.75) is 51.1 Å². The quantitative estimate of drug-likeness (QED) is 0.449. The average molecular weight is 450 g/mol. The number of ether oxygens (including phenoxy) is 4. The molecule has 3 aromatic rings. The highest BCUT2D eigenvalue weighted by atomic mass is 16.5. The van der Waals surface area contributed by atoms with Crippen LogP contribution in [0.15, 0.2) is 38.1 Å². The summed E-state index contributed by atoms with van der Waals surface area (Å²) in [6, 6.07) is 4.51. The van der Waals surface area contributed by atoms with Gasteiger partial charge in [0.2, 0.25) is 5.75 Å². The molecule has 0 aliphatic heterocycles. The van der Waals surface area contributed by atoms with Crippen LogP contribution >= 0.6 is 0 Å². The second kappa shape index (κ2) is 9.11. The largest absolute Gasteiger partial charge is 0.489 e. The van der Waals surface area contributed by atoms with Gasteiger partial charge < -0.3 is 38.0 Å². The molecular formula is C23H30O9. The van der Waals surface area contributed by atoms with Crippen LogP contribution in [0.1, 0.15) is 27.7 Å². The Labute approximate surface area is 185 Å². The van der Waals surface area contributed by atoms with Crippen LogP contribution in [-0.2, 0) is 9.47 Å². The number of methoxy groups -OCH3 is 2. The second-order valence-corrected chi connectivity index (χ2v) is 8.59. The summed E-state index contributed by atoms with van der Waals surface area (Å²) in [5.41, 5.74) is -1.88. The van der Waals surface area contributed by atoms with Crippen LogP contribution in [0, 0.1) is 0 Å². The normalized spacial score (nSPS) is 14.6. The van der Waals surface area contributed by atoms with Gasteiger partial charge in [-0.2, -0.15) is 0 Å². The Kier molecular flexibility index (Phi) is 6.85. The van der Waals surface area contributed by atoms with E-state index in [9.17, 15) is 15.0 Å². The van der Waals surface area contributed by atoms with Crippen LogP contribution in [0.4, 0.5) is 0 Å². The molecule has 0 bridgehead atoms. The van der Waals surface area contributed by atoms with Gasteiger partial charge >= 0.3 is 5.63 Å². The maximum absolute atomic E-state index is 12.0. The molecule has 0 saturated carbocycles. The number of rotatable bonds is 10. The molecule has 0 aliphatic carbocycles. The first kappa shape index (κ1) is 24.1. The summed E-state index contributed by atoms with van der Waals surface area (Å²) in [6.45, 7) is 6.74. The lowest BCUT2D eigenvalue weighted by Crippen LogP contribution is -2.42. The van der Waals surface area contributed by atoms with Crippen molar-refractivity contribution < 1.29 is 38.0 Å². The van der Waals surface area contributed by atoms with Crippen molar-refractivity contribution in [1.29, 1.82) is 0 Å². The molecular weight excluding hydrogens is 420 g/mol. The van der Waals surface area contributed by atoms with Crippen molar-refractivity contribution in [2.24, 2.45) is 0 Å². The third-order valence-electron chi connectivity index (χ3n) is 5.83. The Balaban J connectivity index is 2.05. The zero-order valence-corrected chi connectivity index (χ0v) is 19.1. The summed E-state index contributed by atoms with van der Waals surface area (Å²) < 4.78 is 33.5. The van der Waals surface area contributed by atoms with E-state index < -0.39 is 29.0 Å². The lowest BCUT2D eigenvalue weighted by atomic mass is 10.0. The molecule has 0 radical (unpaired) electrons. The SMILES string of the molecule is COC(C)(C)C(O)COc1c2ccoc2c(OCC(O)C(C)(C)OC)c2oc(=O)ccc12. The summed E-state index contributed by atoms with van der Waals surface area (Å²) >= 11 is 0. The van der Waals surface area contributed by atoms with Crippen molar-refractivity contribution in [2.75, 3.05) is 27.4 Å². The Morgan fingerprint density at radius 1 is 0.844 bits per heavy atom. The molecule has 0 aliphatic rings.